The zero-order chi connectivity index (χ0) is 24.8. The Kier molecular flexibility index (Phi) is 7.93. The van der Waals surface area contributed by atoms with E-state index < -0.39 is 0 Å². The molecule has 0 spiro atoms. The number of carbonyl (C=O) groups excluding carboxylic acids is 1. The molecular formula is C29H35N3O3. The van der Waals surface area contributed by atoms with Crippen LogP contribution in [0.15, 0.2) is 72.8 Å². The fourth-order valence-corrected chi connectivity index (χ4v) is 4.68. The first-order valence-corrected chi connectivity index (χ1v) is 12.1. The largest absolute Gasteiger partial charge is 0.493 e. The number of ether oxygens (including phenoxy) is 2. The zero-order valence-corrected chi connectivity index (χ0v) is 21.1. The normalized spacial score (nSPS) is 14.4. The van der Waals surface area contributed by atoms with Crippen molar-refractivity contribution in [3.05, 3.63) is 83.9 Å². The summed E-state index contributed by atoms with van der Waals surface area (Å²) in [6, 6.07) is 24.1. The Balaban J connectivity index is 1.52. The van der Waals surface area contributed by atoms with Crippen molar-refractivity contribution < 1.29 is 14.3 Å². The Hall–Kier alpha value is -3.51. The van der Waals surface area contributed by atoms with Gasteiger partial charge in [-0.1, -0.05) is 30.3 Å². The molecule has 1 amide bonds. The molecule has 3 aromatic carbocycles. The van der Waals surface area contributed by atoms with Gasteiger partial charge in [-0.3, -0.25) is 9.69 Å². The van der Waals surface area contributed by atoms with Crippen molar-refractivity contribution in [3.63, 3.8) is 0 Å². The average Bonchev–Trinajstić information content (AvgIpc) is 2.90. The van der Waals surface area contributed by atoms with Crippen molar-refractivity contribution in [3.8, 4) is 11.5 Å². The Bertz CT molecular complexity index is 1110. The van der Waals surface area contributed by atoms with Crippen LogP contribution in [0.3, 0.4) is 0 Å². The van der Waals surface area contributed by atoms with Crippen LogP contribution < -0.4 is 19.3 Å². The monoisotopic (exact) mass is 473 g/mol. The van der Waals surface area contributed by atoms with Gasteiger partial charge >= 0.3 is 0 Å². The SMILES string of the molecule is COc1ccc(N(C(=O)c2ccccc2)C2CCN(Cc3ccc(N(C)C)cc3)CC2)cc1OC. The van der Waals surface area contributed by atoms with Crippen LogP contribution in [0.4, 0.5) is 11.4 Å². The van der Waals surface area contributed by atoms with E-state index in [0.717, 1.165) is 38.2 Å². The van der Waals surface area contributed by atoms with Crippen LogP contribution in [0.2, 0.25) is 0 Å². The maximum atomic E-state index is 13.7. The quantitative estimate of drug-likeness (QED) is 0.457. The van der Waals surface area contributed by atoms with Gasteiger partial charge in [0.15, 0.2) is 11.5 Å². The summed E-state index contributed by atoms with van der Waals surface area (Å²) in [5.74, 6) is 1.28. The molecule has 0 aliphatic carbocycles. The van der Waals surface area contributed by atoms with Gasteiger partial charge in [0.2, 0.25) is 0 Å². The number of benzene rings is 3. The maximum absolute atomic E-state index is 13.7. The highest BCUT2D eigenvalue weighted by molar-refractivity contribution is 6.06. The Morgan fingerprint density at radius 3 is 2.09 bits per heavy atom. The molecule has 1 heterocycles. The molecule has 1 saturated heterocycles. The van der Waals surface area contributed by atoms with Crippen molar-refractivity contribution >= 4 is 17.3 Å². The second-order valence-corrected chi connectivity index (χ2v) is 9.15. The van der Waals surface area contributed by atoms with Crippen LogP contribution in [0.5, 0.6) is 11.5 Å². The van der Waals surface area contributed by atoms with Gasteiger partial charge in [0.25, 0.3) is 5.91 Å². The summed E-state index contributed by atoms with van der Waals surface area (Å²) in [4.78, 5) is 20.2. The molecule has 6 heteroatoms. The van der Waals surface area contributed by atoms with Crippen LogP contribution in [0.1, 0.15) is 28.8 Å². The minimum atomic E-state index is 0.00976. The molecule has 184 valence electrons. The number of rotatable bonds is 8. The zero-order valence-electron chi connectivity index (χ0n) is 21.1. The van der Waals surface area contributed by atoms with Gasteiger partial charge < -0.3 is 19.3 Å². The number of amides is 1. The van der Waals surface area contributed by atoms with Crippen LogP contribution >= 0.6 is 0 Å². The standard InChI is InChI=1S/C29H35N3O3/c1-30(2)24-12-10-22(11-13-24)21-31-18-16-25(17-19-31)32(29(33)23-8-6-5-7-9-23)26-14-15-27(34-3)28(20-26)35-4/h5-15,20,25H,16-19,21H2,1-4H3. The van der Waals surface area contributed by atoms with Crippen molar-refractivity contribution in [2.75, 3.05) is 51.2 Å². The summed E-state index contributed by atoms with van der Waals surface area (Å²) in [5, 5.41) is 0. The van der Waals surface area contributed by atoms with Gasteiger partial charge in [0.05, 0.1) is 14.2 Å². The molecule has 3 aromatic rings. The molecule has 1 aliphatic heterocycles. The number of likely N-dealkylation sites (tertiary alicyclic amines) is 1. The van der Waals surface area contributed by atoms with E-state index in [9.17, 15) is 4.79 Å². The third-order valence-corrected chi connectivity index (χ3v) is 6.67. The van der Waals surface area contributed by atoms with Gasteiger partial charge in [-0.2, -0.15) is 0 Å². The smallest absolute Gasteiger partial charge is 0.258 e. The molecule has 0 radical (unpaired) electrons. The van der Waals surface area contributed by atoms with E-state index in [1.54, 1.807) is 14.2 Å². The van der Waals surface area contributed by atoms with Crippen molar-refractivity contribution in [1.82, 2.24) is 4.90 Å². The Morgan fingerprint density at radius 2 is 1.49 bits per heavy atom. The lowest BCUT2D eigenvalue weighted by Gasteiger charge is -2.39. The van der Waals surface area contributed by atoms with Crippen LogP contribution in [-0.2, 0) is 6.54 Å². The molecule has 1 fully saturated rings. The molecular weight excluding hydrogens is 438 g/mol. The van der Waals surface area contributed by atoms with Crippen LogP contribution in [-0.4, -0.2) is 58.3 Å². The van der Waals surface area contributed by atoms with Gasteiger partial charge in [-0.15, -0.1) is 0 Å². The molecule has 0 saturated carbocycles. The first-order chi connectivity index (χ1) is 17.0. The summed E-state index contributed by atoms with van der Waals surface area (Å²) in [7, 11) is 7.35. The first kappa shape index (κ1) is 24.6. The van der Waals surface area contributed by atoms with E-state index in [-0.39, 0.29) is 11.9 Å². The minimum Gasteiger partial charge on any atom is -0.493 e. The number of methoxy groups -OCH3 is 2. The van der Waals surface area contributed by atoms with Crippen molar-refractivity contribution in [1.29, 1.82) is 0 Å². The lowest BCUT2D eigenvalue weighted by Crippen LogP contribution is -2.47. The van der Waals surface area contributed by atoms with Gasteiger partial charge in [-0.25, -0.2) is 0 Å². The topological polar surface area (TPSA) is 45.2 Å². The number of piperidine rings is 1. The average molecular weight is 474 g/mol. The third kappa shape index (κ3) is 5.77. The highest BCUT2D eigenvalue weighted by Gasteiger charge is 2.30. The highest BCUT2D eigenvalue weighted by atomic mass is 16.5. The maximum Gasteiger partial charge on any atom is 0.258 e. The van der Waals surface area contributed by atoms with E-state index in [2.05, 4.69) is 48.2 Å². The second-order valence-electron chi connectivity index (χ2n) is 9.15. The third-order valence-electron chi connectivity index (χ3n) is 6.67. The van der Waals surface area contributed by atoms with Crippen molar-refractivity contribution in [2.45, 2.75) is 25.4 Å². The molecule has 0 atom stereocenters. The number of anilines is 2. The summed E-state index contributed by atoms with van der Waals surface area (Å²) >= 11 is 0. The molecule has 6 nitrogen and oxygen atoms in total. The van der Waals surface area contributed by atoms with E-state index >= 15 is 0 Å². The van der Waals surface area contributed by atoms with Crippen LogP contribution in [0, 0.1) is 0 Å². The molecule has 1 aliphatic rings. The highest BCUT2D eigenvalue weighted by Crippen LogP contribution is 2.34. The predicted octanol–water partition coefficient (Wildman–Crippen LogP) is 5.08. The van der Waals surface area contributed by atoms with Crippen LogP contribution in [0.25, 0.3) is 0 Å². The number of nitrogens with zero attached hydrogens (tertiary/aromatic N) is 3. The molecule has 4 rings (SSSR count). The fraction of sp³-hybridized carbons (Fsp3) is 0.345. The summed E-state index contributed by atoms with van der Waals surface area (Å²) in [6.07, 6.45) is 1.81. The molecule has 0 aromatic heterocycles. The van der Waals surface area contributed by atoms with E-state index in [4.69, 9.17) is 9.47 Å². The Morgan fingerprint density at radius 1 is 0.857 bits per heavy atom. The van der Waals surface area contributed by atoms with E-state index in [1.807, 2.05) is 53.4 Å². The molecule has 0 N–H and O–H groups in total. The van der Waals surface area contributed by atoms with Gasteiger partial charge in [0, 0.05) is 62.8 Å². The van der Waals surface area contributed by atoms with Gasteiger partial charge in [0.1, 0.15) is 0 Å². The van der Waals surface area contributed by atoms with Crippen molar-refractivity contribution in [2.24, 2.45) is 0 Å². The molecule has 35 heavy (non-hydrogen) atoms. The predicted molar refractivity (Wildman–Crippen MR) is 142 cm³/mol. The summed E-state index contributed by atoms with van der Waals surface area (Å²) in [5.41, 5.74) is 4.03. The van der Waals surface area contributed by atoms with E-state index in [1.165, 1.54) is 11.3 Å². The lowest BCUT2D eigenvalue weighted by atomic mass is 10.00. The van der Waals surface area contributed by atoms with E-state index in [0.29, 0.717) is 17.1 Å². The lowest BCUT2D eigenvalue weighted by molar-refractivity contribution is 0.0958. The minimum absolute atomic E-state index is 0.00976. The fourth-order valence-electron chi connectivity index (χ4n) is 4.68. The number of hydrogen-bond acceptors (Lipinski definition) is 5. The van der Waals surface area contributed by atoms with Gasteiger partial charge in [-0.05, 0) is 54.8 Å². The first-order valence-electron chi connectivity index (χ1n) is 12.1. The summed E-state index contributed by atoms with van der Waals surface area (Å²) in [6.45, 7) is 2.79. The Labute approximate surface area is 208 Å². The molecule has 0 bridgehead atoms. The second kappa shape index (κ2) is 11.3. The number of hydrogen-bond donors (Lipinski definition) is 0. The number of carbonyl (C=O) groups is 1. The molecule has 0 unspecified atom stereocenters. The summed E-state index contributed by atoms with van der Waals surface area (Å²) < 4.78 is 10.9.